The van der Waals surface area contributed by atoms with Crippen LogP contribution in [-0.4, -0.2) is 33.7 Å². The van der Waals surface area contributed by atoms with E-state index in [4.69, 9.17) is 9.47 Å². The highest BCUT2D eigenvalue weighted by molar-refractivity contribution is 5.95. The molecular formula is C23H27N3O5. The molecule has 2 aromatic carbocycles. The van der Waals surface area contributed by atoms with Crippen LogP contribution in [0.4, 0.5) is 5.69 Å². The molecule has 0 fully saturated rings. The minimum atomic E-state index is -1.02. The Bertz CT molecular complexity index is 1110. The van der Waals surface area contributed by atoms with Gasteiger partial charge in [-0.2, -0.15) is 0 Å². The van der Waals surface area contributed by atoms with Crippen molar-refractivity contribution in [3.63, 3.8) is 0 Å². The summed E-state index contributed by atoms with van der Waals surface area (Å²) in [6, 6.07) is 14.2. The average molecular weight is 425 g/mol. The zero-order valence-corrected chi connectivity index (χ0v) is 18.0. The van der Waals surface area contributed by atoms with E-state index < -0.39 is 18.0 Å². The molecule has 1 unspecified atom stereocenters. The number of hydrogen-bond acceptors (Lipinski definition) is 5. The van der Waals surface area contributed by atoms with Gasteiger partial charge in [-0.1, -0.05) is 19.1 Å². The number of anilines is 1. The quantitative estimate of drug-likeness (QED) is 0.532. The number of amides is 1. The molecule has 1 heterocycles. The second-order valence-electron chi connectivity index (χ2n) is 7.09. The fourth-order valence-corrected chi connectivity index (χ4v) is 3.33. The fourth-order valence-electron chi connectivity index (χ4n) is 3.33. The number of nitrogens with zero attached hydrogens (tertiary/aromatic N) is 2. The normalized spacial score (nSPS) is 11.8. The molecule has 1 amide bonds. The van der Waals surface area contributed by atoms with Gasteiger partial charge >= 0.3 is 11.7 Å². The van der Waals surface area contributed by atoms with Crippen molar-refractivity contribution in [1.29, 1.82) is 0 Å². The molecule has 8 heteroatoms. The third-order valence-electron chi connectivity index (χ3n) is 4.77. The minimum Gasteiger partial charge on any atom is -0.494 e. The van der Waals surface area contributed by atoms with Crippen molar-refractivity contribution in [2.75, 3.05) is 11.9 Å². The summed E-state index contributed by atoms with van der Waals surface area (Å²) in [7, 11) is 0. The Kier molecular flexibility index (Phi) is 7.12. The first-order chi connectivity index (χ1) is 14.9. The van der Waals surface area contributed by atoms with E-state index in [9.17, 15) is 14.4 Å². The Morgan fingerprint density at radius 2 is 1.65 bits per heavy atom. The highest BCUT2D eigenvalue weighted by atomic mass is 16.5. The Labute approximate surface area is 180 Å². The minimum absolute atomic E-state index is 0.267. The molecule has 3 aromatic rings. The first kappa shape index (κ1) is 22.1. The topological polar surface area (TPSA) is 91.6 Å². The van der Waals surface area contributed by atoms with E-state index >= 15 is 0 Å². The molecule has 0 bridgehead atoms. The molecule has 31 heavy (non-hydrogen) atoms. The van der Waals surface area contributed by atoms with Gasteiger partial charge in [-0.3, -0.25) is 18.7 Å². The van der Waals surface area contributed by atoms with Gasteiger partial charge in [0.05, 0.1) is 17.6 Å². The number of aromatic nitrogens is 2. The second kappa shape index (κ2) is 9.97. The third-order valence-corrected chi connectivity index (χ3v) is 4.77. The van der Waals surface area contributed by atoms with Crippen LogP contribution in [0.1, 0.15) is 27.2 Å². The molecule has 1 N–H and O–H groups in total. The number of nitrogens with one attached hydrogen (secondary N) is 1. The van der Waals surface area contributed by atoms with Crippen molar-refractivity contribution in [3.05, 3.63) is 59.0 Å². The summed E-state index contributed by atoms with van der Waals surface area (Å²) in [5, 5.41) is 2.70. The van der Waals surface area contributed by atoms with Crippen LogP contribution in [0.3, 0.4) is 0 Å². The van der Waals surface area contributed by atoms with Gasteiger partial charge in [-0.15, -0.1) is 0 Å². The highest BCUT2D eigenvalue weighted by Gasteiger charge is 2.21. The number of benzene rings is 2. The van der Waals surface area contributed by atoms with E-state index in [0.29, 0.717) is 30.1 Å². The predicted octanol–water partition coefficient (Wildman–Crippen LogP) is 3.18. The van der Waals surface area contributed by atoms with Gasteiger partial charge < -0.3 is 14.8 Å². The van der Waals surface area contributed by atoms with E-state index in [0.717, 1.165) is 11.9 Å². The molecule has 3 rings (SSSR count). The van der Waals surface area contributed by atoms with Crippen LogP contribution in [0.2, 0.25) is 0 Å². The van der Waals surface area contributed by atoms with E-state index in [1.165, 1.54) is 11.5 Å². The van der Waals surface area contributed by atoms with Crippen LogP contribution in [0.5, 0.6) is 5.75 Å². The lowest BCUT2D eigenvalue weighted by Crippen LogP contribution is -2.33. The van der Waals surface area contributed by atoms with Crippen molar-refractivity contribution >= 4 is 28.6 Å². The van der Waals surface area contributed by atoms with E-state index in [2.05, 4.69) is 5.32 Å². The zero-order valence-electron chi connectivity index (χ0n) is 18.0. The van der Waals surface area contributed by atoms with Crippen LogP contribution in [0, 0.1) is 0 Å². The lowest BCUT2D eigenvalue weighted by molar-refractivity contribution is -0.153. The van der Waals surface area contributed by atoms with E-state index in [-0.39, 0.29) is 12.2 Å². The van der Waals surface area contributed by atoms with Gasteiger partial charge in [-0.25, -0.2) is 4.79 Å². The SMILES string of the molecule is CCCn1c(=O)n(CC(=O)OC(C)C(=O)Nc2ccc(OCC)cc2)c2ccccc21. The first-order valence-corrected chi connectivity index (χ1v) is 10.4. The van der Waals surface area contributed by atoms with Gasteiger partial charge in [-0.05, 0) is 56.7 Å². The summed E-state index contributed by atoms with van der Waals surface area (Å²) in [4.78, 5) is 37.6. The summed E-state index contributed by atoms with van der Waals surface area (Å²) in [5.41, 5.74) is 1.72. The predicted molar refractivity (Wildman–Crippen MR) is 118 cm³/mol. The van der Waals surface area contributed by atoms with Crippen LogP contribution in [0.15, 0.2) is 53.3 Å². The maximum Gasteiger partial charge on any atom is 0.329 e. The number of imidazole rings is 1. The molecule has 0 saturated carbocycles. The number of fused-ring (bicyclic) bond motifs is 1. The molecule has 8 nitrogen and oxygen atoms in total. The monoisotopic (exact) mass is 425 g/mol. The summed E-state index contributed by atoms with van der Waals surface area (Å²) in [6.45, 7) is 6.21. The lowest BCUT2D eigenvalue weighted by atomic mass is 10.3. The fraction of sp³-hybridized carbons (Fsp3) is 0.348. The molecular weight excluding hydrogens is 398 g/mol. The first-order valence-electron chi connectivity index (χ1n) is 10.4. The van der Waals surface area contributed by atoms with Gasteiger partial charge in [0.1, 0.15) is 12.3 Å². The zero-order chi connectivity index (χ0) is 22.4. The van der Waals surface area contributed by atoms with Gasteiger partial charge in [0.2, 0.25) is 0 Å². The van der Waals surface area contributed by atoms with Crippen molar-refractivity contribution in [2.24, 2.45) is 0 Å². The lowest BCUT2D eigenvalue weighted by Gasteiger charge is -2.14. The summed E-state index contributed by atoms with van der Waals surface area (Å²) in [5.74, 6) is -0.415. The van der Waals surface area contributed by atoms with Gasteiger partial charge in [0, 0.05) is 12.2 Å². The number of carbonyl (C=O) groups is 2. The highest BCUT2D eigenvalue weighted by Crippen LogP contribution is 2.16. The molecule has 0 radical (unpaired) electrons. The Morgan fingerprint density at radius 3 is 2.26 bits per heavy atom. The van der Waals surface area contributed by atoms with Crippen molar-refractivity contribution in [1.82, 2.24) is 9.13 Å². The number of para-hydroxylation sites is 2. The maximum absolute atomic E-state index is 12.8. The standard InChI is InChI=1S/C23H27N3O5/c1-4-14-25-19-8-6-7-9-20(19)26(23(25)29)15-21(27)31-16(3)22(28)24-17-10-12-18(13-11-17)30-5-2/h6-13,16H,4-5,14-15H2,1-3H3,(H,24,28). The number of rotatable bonds is 9. The maximum atomic E-state index is 12.8. The summed E-state index contributed by atoms with van der Waals surface area (Å²) >= 11 is 0. The summed E-state index contributed by atoms with van der Waals surface area (Å²) < 4.78 is 13.7. The second-order valence-corrected chi connectivity index (χ2v) is 7.09. The molecule has 0 aliphatic heterocycles. The number of ether oxygens (including phenoxy) is 2. The molecule has 1 atom stereocenters. The van der Waals surface area contributed by atoms with Crippen molar-refractivity contribution in [3.8, 4) is 5.75 Å². The molecule has 0 aliphatic carbocycles. The number of hydrogen-bond donors (Lipinski definition) is 1. The van der Waals surface area contributed by atoms with E-state index in [1.54, 1.807) is 34.9 Å². The van der Waals surface area contributed by atoms with Crippen molar-refractivity contribution in [2.45, 2.75) is 46.4 Å². The third kappa shape index (κ3) is 5.14. The molecule has 164 valence electrons. The van der Waals surface area contributed by atoms with Gasteiger partial charge in [0.25, 0.3) is 5.91 Å². The largest absolute Gasteiger partial charge is 0.494 e. The van der Waals surface area contributed by atoms with Crippen molar-refractivity contribution < 1.29 is 19.1 Å². The number of carbonyl (C=O) groups excluding carboxylic acids is 2. The molecule has 0 aliphatic rings. The van der Waals surface area contributed by atoms with E-state index in [1.807, 2.05) is 32.0 Å². The average Bonchev–Trinajstić information content (AvgIpc) is 3.01. The van der Waals surface area contributed by atoms with Gasteiger partial charge in [0.15, 0.2) is 6.10 Å². The summed E-state index contributed by atoms with van der Waals surface area (Å²) in [6.07, 6.45) is -0.222. The Balaban J connectivity index is 1.66. The van der Waals surface area contributed by atoms with Crippen LogP contribution in [0.25, 0.3) is 11.0 Å². The molecule has 0 spiro atoms. The number of esters is 1. The Hall–Kier alpha value is -3.55. The van der Waals surface area contributed by atoms with Crippen LogP contribution < -0.4 is 15.7 Å². The van der Waals surface area contributed by atoms with Crippen LogP contribution in [-0.2, 0) is 27.4 Å². The Morgan fingerprint density at radius 1 is 1.00 bits per heavy atom. The molecule has 1 aromatic heterocycles. The molecule has 0 saturated heterocycles. The smallest absolute Gasteiger partial charge is 0.329 e. The van der Waals surface area contributed by atoms with Crippen LogP contribution >= 0.6 is 0 Å². The number of aryl methyl sites for hydroxylation is 1.